The Morgan fingerprint density at radius 1 is 1.40 bits per heavy atom. The molecule has 15 heavy (non-hydrogen) atoms. The highest BCUT2D eigenvalue weighted by molar-refractivity contribution is 5.00. The molecule has 0 fully saturated rings. The van der Waals surface area contributed by atoms with Crippen LogP contribution < -0.4 is 5.32 Å². The molecule has 1 aromatic heterocycles. The number of aromatic nitrogens is 2. The summed E-state index contributed by atoms with van der Waals surface area (Å²) >= 11 is 0. The molecule has 1 heterocycles. The van der Waals surface area contributed by atoms with Crippen LogP contribution in [-0.4, -0.2) is 15.8 Å². The number of unbranched alkanes of at least 4 members (excludes halogenated alkanes) is 2. The normalized spacial score (nSPS) is 11.2. The van der Waals surface area contributed by atoms with Gasteiger partial charge in [0.1, 0.15) is 0 Å². The Hall–Kier alpha value is -0.830. The second-order valence-corrected chi connectivity index (χ2v) is 4.29. The predicted molar refractivity (Wildman–Crippen MR) is 63.7 cm³/mol. The largest absolute Gasteiger partial charge is 0.309 e. The van der Waals surface area contributed by atoms with E-state index in [4.69, 9.17) is 0 Å². The van der Waals surface area contributed by atoms with Crippen molar-refractivity contribution in [3.63, 3.8) is 0 Å². The van der Waals surface area contributed by atoms with Crippen molar-refractivity contribution in [1.29, 1.82) is 0 Å². The van der Waals surface area contributed by atoms with Crippen LogP contribution >= 0.6 is 0 Å². The van der Waals surface area contributed by atoms with Crippen LogP contribution in [0.25, 0.3) is 0 Å². The average Bonchev–Trinajstić information content (AvgIpc) is 2.63. The number of nitrogens with one attached hydrogen (secondary N) is 1. The lowest BCUT2D eigenvalue weighted by molar-refractivity contribution is 0.504. The number of hydrogen-bond donors (Lipinski definition) is 1. The lowest BCUT2D eigenvalue weighted by Gasteiger charge is -2.10. The van der Waals surface area contributed by atoms with Crippen LogP contribution in [0.3, 0.4) is 0 Å². The summed E-state index contributed by atoms with van der Waals surface area (Å²) in [6, 6.07) is 2.63. The number of nitrogens with zero attached hydrogens (tertiary/aromatic N) is 2. The average molecular weight is 209 g/mol. The van der Waals surface area contributed by atoms with Gasteiger partial charge in [-0.05, 0) is 12.5 Å². The van der Waals surface area contributed by atoms with Gasteiger partial charge in [-0.2, -0.15) is 5.10 Å². The van der Waals surface area contributed by atoms with Gasteiger partial charge in [-0.3, -0.25) is 4.68 Å². The fourth-order valence-corrected chi connectivity index (χ4v) is 1.53. The molecule has 3 nitrogen and oxygen atoms in total. The van der Waals surface area contributed by atoms with Crippen molar-refractivity contribution < 1.29 is 0 Å². The molecular formula is C12H23N3. The Balaban J connectivity index is 2.39. The second-order valence-electron chi connectivity index (χ2n) is 4.29. The molecule has 0 saturated carbocycles. The molecule has 3 heteroatoms. The Bertz CT molecular complexity index is 266. The van der Waals surface area contributed by atoms with E-state index in [1.807, 2.05) is 6.20 Å². The van der Waals surface area contributed by atoms with Crippen molar-refractivity contribution in [3.05, 3.63) is 18.0 Å². The molecule has 1 N–H and O–H groups in total. The summed E-state index contributed by atoms with van der Waals surface area (Å²) in [5.74, 6) is 0. The minimum atomic E-state index is 0.531. The van der Waals surface area contributed by atoms with Gasteiger partial charge in [0, 0.05) is 25.3 Å². The third kappa shape index (κ3) is 4.47. The van der Waals surface area contributed by atoms with Crippen molar-refractivity contribution in [2.75, 3.05) is 0 Å². The molecule has 0 bridgehead atoms. The molecule has 1 rings (SSSR count). The second kappa shape index (κ2) is 6.62. The van der Waals surface area contributed by atoms with E-state index in [-0.39, 0.29) is 0 Å². The molecule has 0 aliphatic heterocycles. The van der Waals surface area contributed by atoms with Crippen LogP contribution in [0.1, 0.15) is 45.7 Å². The zero-order chi connectivity index (χ0) is 11.1. The van der Waals surface area contributed by atoms with E-state index in [0.29, 0.717) is 6.04 Å². The third-order valence-electron chi connectivity index (χ3n) is 2.47. The van der Waals surface area contributed by atoms with Gasteiger partial charge in [0.15, 0.2) is 0 Å². The molecule has 0 aromatic carbocycles. The topological polar surface area (TPSA) is 29.9 Å². The third-order valence-corrected chi connectivity index (χ3v) is 2.47. The van der Waals surface area contributed by atoms with E-state index in [9.17, 15) is 0 Å². The van der Waals surface area contributed by atoms with Gasteiger partial charge in [0.25, 0.3) is 0 Å². The first-order chi connectivity index (χ1) is 7.24. The van der Waals surface area contributed by atoms with Crippen LogP contribution in [0.4, 0.5) is 0 Å². The monoisotopic (exact) mass is 209 g/mol. The molecule has 0 spiro atoms. The van der Waals surface area contributed by atoms with Gasteiger partial charge in [0.2, 0.25) is 0 Å². The minimum Gasteiger partial charge on any atom is -0.309 e. The van der Waals surface area contributed by atoms with Gasteiger partial charge in [-0.25, -0.2) is 0 Å². The van der Waals surface area contributed by atoms with Crippen molar-refractivity contribution in [1.82, 2.24) is 15.1 Å². The van der Waals surface area contributed by atoms with Crippen molar-refractivity contribution in [3.8, 4) is 0 Å². The number of aryl methyl sites for hydroxylation is 1. The van der Waals surface area contributed by atoms with Crippen LogP contribution in [0, 0.1) is 0 Å². The molecule has 1 aromatic rings. The fourth-order valence-electron chi connectivity index (χ4n) is 1.53. The van der Waals surface area contributed by atoms with Crippen LogP contribution in [-0.2, 0) is 13.1 Å². The van der Waals surface area contributed by atoms with Gasteiger partial charge < -0.3 is 5.32 Å². The lowest BCUT2D eigenvalue weighted by atomic mass is 10.2. The summed E-state index contributed by atoms with van der Waals surface area (Å²) in [7, 11) is 0. The molecule has 86 valence electrons. The van der Waals surface area contributed by atoms with E-state index in [1.165, 1.54) is 25.0 Å². The fraction of sp³-hybridized carbons (Fsp3) is 0.750. The van der Waals surface area contributed by atoms with Crippen LogP contribution in [0.15, 0.2) is 12.3 Å². The molecule has 0 atom stereocenters. The predicted octanol–water partition coefficient (Wildman–Crippen LogP) is 2.57. The summed E-state index contributed by atoms with van der Waals surface area (Å²) in [6.45, 7) is 8.53. The van der Waals surface area contributed by atoms with Gasteiger partial charge >= 0.3 is 0 Å². The van der Waals surface area contributed by atoms with E-state index in [2.05, 4.69) is 41.9 Å². The van der Waals surface area contributed by atoms with Crippen molar-refractivity contribution in [2.45, 2.75) is 59.2 Å². The van der Waals surface area contributed by atoms with Crippen LogP contribution in [0.2, 0.25) is 0 Å². The summed E-state index contributed by atoms with van der Waals surface area (Å²) in [5.41, 5.74) is 1.29. The van der Waals surface area contributed by atoms with Crippen LogP contribution in [0.5, 0.6) is 0 Å². The SMILES string of the molecule is CCCCCn1nccc1CNC(C)C. The number of rotatable bonds is 7. The summed E-state index contributed by atoms with van der Waals surface area (Å²) in [4.78, 5) is 0. The first kappa shape index (κ1) is 12.2. The molecule has 0 radical (unpaired) electrons. The molecule has 0 unspecified atom stereocenters. The zero-order valence-corrected chi connectivity index (χ0v) is 10.2. The quantitative estimate of drug-likeness (QED) is 0.699. The maximum atomic E-state index is 4.34. The standard InChI is InChI=1S/C12H23N3/c1-4-5-6-9-15-12(7-8-14-15)10-13-11(2)3/h7-8,11,13H,4-6,9-10H2,1-3H3. The van der Waals surface area contributed by atoms with Crippen molar-refractivity contribution in [2.24, 2.45) is 0 Å². The molecule has 0 aliphatic rings. The summed E-state index contributed by atoms with van der Waals surface area (Å²) in [6.07, 6.45) is 5.67. The molecular weight excluding hydrogens is 186 g/mol. The highest BCUT2D eigenvalue weighted by atomic mass is 15.3. The Morgan fingerprint density at radius 2 is 2.20 bits per heavy atom. The molecule has 0 saturated heterocycles. The zero-order valence-electron chi connectivity index (χ0n) is 10.2. The first-order valence-electron chi connectivity index (χ1n) is 5.98. The summed E-state index contributed by atoms with van der Waals surface area (Å²) in [5, 5.41) is 7.76. The lowest BCUT2D eigenvalue weighted by Crippen LogP contribution is -2.23. The Labute approximate surface area is 92.9 Å². The molecule has 0 amide bonds. The van der Waals surface area contributed by atoms with Crippen molar-refractivity contribution >= 4 is 0 Å². The van der Waals surface area contributed by atoms with E-state index >= 15 is 0 Å². The summed E-state index contributed by atoms with van der Waals surface area (Å²) < 4.78 is 2.12. The number of hydrogen-bond acceptors (Lipinski definition) is 2. The van der Waals surface area contributed by atoms with Gasteiger partial charge in [-0.15, -0.1) is 0 Å². The van der Waals surface area contributed by atoms with E-state index < -0.39 is 0 Å². The van der Waals surface area contributed by atoms with E-state index in [0.717, 1.165) is 13.1 Å². The highest BCUT2D eigenvalue weighted by Gasteiger charge is 2.02. The van der Waals surface area contributed by atoms with Gasteiger partial charge in [-0.1, -0.05) is 33.6 Å². The Kier molecular flexibility index (Phi) is 5.40. The van der Waals surface area contributed by atoms with E-state index in [1.54, 1.807) is 0 Å². The molecule has 0 aliphatic carbocycles. The maximum absolute atomic E-state index is 4.34. The van der Waals surface area contributed by atoms with Gasteiger partial charge in [0.05, 0.1) is 5.69 Å². The maximum Gasteiger partial charge on any atom is 0.0522 e. The Morgan fingerprint density at radius 3 is 2.87 bits per heavy atom. The first-order valence-corrected chi connectivity index (χ1v) is 5.98. The highest BCUT2D eigenvalue weighted by Crippen LogP contribution is 2.03. The minimum absolute atomic E-state index is 0.531. The smallest absolute Gasteiger partial charge is 0.0522 e.